The molecule has 0 aliphatic rings. The number of aliphatic carboxylic acids is 1. The summed E-state index contributed by atoms with van der Waals surface area (Å²) in [4.78, 5) is 10.3. The predicted molar refractivity (Wildman–Crippen MR) is 55.0 cm³/mol. The Morgan fingerprint density at radius 1 is 1.36 bits per heavy atom. The lowest BCUT2D eigenvalue weighted by molar-refractivity contribution is -0.137. The Hall–Kier alpha value is -1.75. The Balaban J connectivity index is 2.45. The molecule has 1 rings (SSSR count). The van der Waals surface area contributed by atoms with Gasteiger partial charge in [-0.25, -0.2) is 0 Å². The van der Waals surface area contributed by atoms with Gasteiger partial charge in [0.15, 0.2) is 0 Å². The third-order valence-corrected chi connectivity index (χ3v) is 1.98. The second kappa shape index (κ2) is 5.08. The fourth-order valence-electron chi connectivity index (χ4n) is 1.21. The van der Waals surface area contributed by atoms with Crippen LogP contribution in [0.2, 0.25) is 0 Å². The molecule has 0 unspecified atom stereocenters. The quantitative estimate of drug-likeness (QED) is 0.734. The Bertz CT molecular complexity index is 344. The fourth-order valence-corrected chi connectivity index (χ4v) is 1.21. The Labute approximate surface area is 83.6 Å². The van der Waals surface area contributed by atoms with Crippen LogP contribution in [0.5, 0.6) is 0 Å². The van der Waals surface area contributed by atoms with Crippen LogP contribution in [0.3, 0.4) is 0 Å². The molecule has 1 N–H and O–H groups in total. The highest BCUT2D eigenvalue weighted by Gasteiger charge is 1.97. The summed E-state index contributed by atoms with van der Waals surface area (Å²) in [5.41, 5.74) is 1.98. The summed E-state index contributed by atoms with van der Waals surface area (Å²) in [6, 6.07) is 7.63. The summed E-state index contributed by atoms with van der Waals surface area (Å²) in [7, 11) is 0. The van der Waals surface area contributed by atoms with E-state index >= 15 is 0 Å². The van der Waals surface area contributed by atoms with Gasteiger partial charge in [0.1, 0.15) is 0 Å². The molecule has 0 spiro atoms. The number of carboxylic acids is 1. The van der Waals surface area contributed by atoms with Crippen molar-refractivity contribution in [1.29, 1.82) is 0 Å². The lowest BCUT2D eigenvalue weighted by Crippen LogP contribution is -1.95. The number of carbonyl (C=O) groups is 1. The number of aryl methyl sites for hydroxylation is 1. The SMILES string of the molecule is C#Cc1ccc(CCCC(=O)O)cc1. The van der Waals surface area contributed by atoms with Crippen LogP contribution >= 0.6 is 0 Å². The molecule has 0 bridgehead atoms. The number of hydrogen-bond acceptors (Lipinski definition) is 1. The van der Waals surface area contributed by atoms with E-state index in [0.29, 0.717) is 6.42 Å². The van der Waals surface area contributed by atoms with Gasteiger partial charge in [-0.2, -0.15) is 0 Å². The highest BCUT2D eigenvalue weighted by Crippen LogP contribution is 2.07. The molecule has 0 saturated heterocycles. The van der Waals surface area contributed by atoms with Gasteiger partial charge in [0.05, 0.1) is 0 Å². The van der Waals surface area contributed by atoms with E-state index in [1.807, 2.05) is 24.3 Å². The van der Waals surface area contributed by atoms with Crippen LogP contribution in [0.4, 0.5) is 0 Å². The Morgan fingerprint density at radius 3 is 2.50 bits per heavy atom. The number of terminal acetylenes is 1. The largest absolute Gasteiger partial charge is 0.481 e. The van der Waals surface area contributed by atoms with Gasteiger partial charge in [0, 0.05) is 12.0 Å². The molecular weight excluding hydrogens is 176 g/mol. The summed E-state index contributed by atoms with van der Waals surface area (Å²) in [6.45, 7) is 0. The van der Waals surface area contributed by atoms with Gasteiger partial charge in [-0.05, 0) is 30.5 Å². The zero-order chi connectivity index (χ0) is 10.4. The number of benzene rings is 1. The summed E-state index contributed by atoms with van der Waals surface area (Å²) < 4.78 is 0. The molecule has 0 aliphatic heterocycles. The van der Waals surface area contributed by atoms with Crippen molar-refractivity contribution in [2.45, 2.75) is 19.3 Å². The van der Waals surface area contributed by atoms with Crippen molar-refractivity contribution < 1.29 is 9.90 Å². The van der Waals surface area contributed by atoms with Crippen LogP contribution in [0.1, 0.15) is 24.0 Å². The van der Waals surface area contributed by atoms with E-state index in [4.69, 9.17) is 11.5 Å². The molecule has 0 amide bonds. The van der Waals surface area contributed by atoms with E-state index in [9.17, 15) is 4.79 Å². The molecule has 0 fully saturated rings. The first kappa shape index (κ1) is 10.3. The molecular formula is C12H12O2. The minimum absolute atomic E-state index is 0.219. The van der Waals surface area contributed by atoms with Crippen molar-refractivity contribution in [3.63, 3.8) is 0 Å². The molecule has 0 atom stereocenters. The standard InChI is InChI=1S/C12H12O2/c1-2-10-6-8-11(9-7-10)4-3-5-12(13)14/h1,6-9H,3-5H2,(H,13,14). The van der Waals surface area contributed by atoms with Crippen molar-refractivity contribution in [2.24, 2.45) is 0 Å². The van der Waals surface area contributed by atoms with Crippen molar-refractivity contribution in [3.8, 4) is 12.3 Å². The highest BCUT2D eigenvalue weighted by atomic mass is 16.4. The zero-order valence-corrected chi connectivity index (χ0v) is 7.86. The average Bonchev–Trinajstić information content (AvgIpc) is 2.18. The maximum atomic E-state index is 10.3. The molecule has 0 aromatic heterocycles. The molecule has 14 heavy (non-hydrogen) atoms. The van der Waals surface area contributed by atoms with Crippen molar-refractivity contribution in [2.75, 3.05) is 0 Å². The minimum atomic E-state index is -0.745. The fraction of sp³-hybridized carbons (Fsp3) is 0.250. The van der Waals surface area contributed by atoms with Crippen molar-refractivity contribution >= 4 is 5.97 Å². The number of hydrogen-bond donors (Lipinski definition) is 1. The molecule has 0 saturated carbocycles. The maximum absolute atomic E-state index is 10.3. The van der Waals surface area contributed by atoms with Crippen molar-refractivity contribution in [1.82, 2.24) is 0 Å². The first-order valence-electron chi connectivity index (χ1n) is 4.49. The Kier molecular flexibility index (Phi) is 3.75. The van der Waals surface area contributed by atoms with Crippen LogP contribution < -0.4 is 0 Å². The molecule has 72 valence electrons. The predicted octanol–water partition coefficient (Wildman–Crippen LogP) is 2.08. The van der Waals surface area contributed by atoms with E-state index < -0.39 is 5.97 Å². The summed E-state index contributed by atoms with van der Waals surface area (Å²) >= 11 is 0. The lowest BCUT2D eigenvalue weighted by Gasteiger charge is -1.99. The van der Waals surface area contributed by atoms with Gasteiger partial charge in [0.25, 0.3) is 0 Å². The second-order valence-electron chi connectivity index (χ2n) is 3.09. The molecule has 0 aliphatic carbocycles. The smallest absolute Gasteiger partial charge is 0.303 e. The highest BCUT2D eigenvalue weighted by molar-refractivity contribution is 5.66. The molecule has 1 aromatic carbocycles. The minimum Gasteiger partial charge on any atom is -0.481 e. The van der Waals surface area contributed by atoms with Crippen molar-refractivity contribution in [3.05, 3.63) is 35.4 Å². The molecule has 0 heterocycles. The van der Waals surface area contributed by atoms with Crippen LogP contribution in [0, 0.1) is 12.3 Å². The monoisotopic (exact) mass is 188 g/mol. The van der Waals surface area contributed by atoms with Gasteiger partial charge >= 0.3 is 5.97 Å². The van der Waals surface area contributed by atoms with Crippen LogP contribution in [0.25, 0.3) is 0 Å². The van der Waals surface area contributed by atoms with E-state index in [0.717, 1.165) is 17.5 Å². The first-order valence-corrected chi connectivity index (χ1v) is 4.49. The lowest BCUT2D eigenvalue weighted by atomic mass is 10.1. The first-order chi connectivity index (χ1) is 6.72. The van der Waals surface area contributed by atoms with Gasteiger partial charge in [-0.15, -0.1) is 6.42 Å². The van der Waals surface area contributed by atoms with Crippen LogP contribution in [-0.2, 0) is 11.2 Å². The van der Waals surface area contributed by atoms with E-state index in [1.165, 1.54) is 0 Å². The molecule has 1 aromatic rings. The molecule has 0 radical (unpaired) electrons. The van der Waals surface area contributed by atoms with Gasteiger partial charge in [-0.1, -0.05) is 18.1 Å². The molecule has 2 heteroatoms. The summed E-state index contributed by atoms with van der Waals surface area (Å²) in [5.74, 6) is 1.79. The summed E-state index contributed by atoms with van der Waals surface area (Å²) in [5, 5.41) is 8.45. The van der Waals surface area contributed by atoms with E-state index in [2.05, 4.69) is 5.92 Å². The van der Waals surface area contributed by atoms with Crippen LogP contribution in [-0.4, -0.2) is 11.1 Å². The van der Waals surface area contributed by atoms with Gasteiger partial charge in [0.2, 0.25) is 0 Å². The van der Waals surface area contributed by atoms with E-state index in [1.54, 1.807) is 0 Å². The second-order valence-corrected chi connectivity index (χ2v) is 3.09. The summed E-state index contributed by atoms with van der Waals surface area (Å²) in [6.07, 6.45) is 6.89. The normalized spacial score (nSPS) is 9.36. The number of carboxylic acid groups (broad SMARTS) is 1. The van der Waals surface area contributed by atoms with Gasteiger partial charge < -0.3 is 5.11 Å². The van der Waals surface area contributed by atoms with Gasteiger partial charge in [-0.3, -0.25) is 4.79 Å². The maximum Gasteiger partial charge on any atom is 0.303 e. The van der Waals surface area contributed by atoms with E-state index in [-0.39, 0.29) is 6.42 Å². The zero-order valence-electron chi connectivity index (χ0n) is 7.86. The third kappa shape index (κ3) is 3.32. The average molecular weight is 188 g/mol. The molecule has 2 nitrogen and oxygen atoms in total. The number of rotatable bonds is 4. The third-order valence-electron chi connectivity index (χ3n) is 1.98. The van der Waals surface area contributed by atoms with Crippen LogP contribution in [0.15, 0.2) is 24.3 Å². The topological polar surface area (TPSA) is 37.3 Å². The Morgan fingerprint density at radius 2 is 2.00 bits per heavy atom.